The van der Waals surface area contributed by atoms with Gasteiger partial charge in [-0.2, -0.15) is 0 Å². The van der Waals surface area contributed by atoms with E-state index in [2.05, 4.69) is 29.2 Å². The Bertz CT molecular complexity index is 299. The van der Waals surface area contributed by atoms with Gasteiger partial charge in [0.2, 0.25) is 0 Å². The van der Waals surface area contributed by atoms with E-state index in [-0.39, 0.29) is 0 Å². The molecule has 0 unspecified atom stereocenters. The van der Waals surface area contributed by atoms with Crippen molar-refractivity contribution in [1.82, 2.24) is 9.88 Å². The summed E-state index contributed by atoms with van der Waals surface area (Å²) in [5.41, 5.74) is 1.06. The molecule has 0 amide bonds. The van der Waals surface area contributed by atoms with Crippen molar-refractivity contribution in [2.45, 2.75) is 26.7 Å². The maximum atomic E-state index is 4.40. The highest BCUT2D eigenvalue weighted by Crippen LogP contribution is 2.03. The molecular formula is C13H23N3. The van der Waals surface area contributed by atoms with Crippen LogP contribution in [0.5, 0.6) is 0 Å². The zero-order chi connectivity index (χ0) is 11.8. The maximum Gasteiger partial charge on any atom is 0.126 e. The van der Waals surface area contributed by atoms with Crippen molar-refractivity contribution >= 4 is 5.82 Å². The molecule has 0 radical (unpaired) electrons. The molecule has 1 heterocycles. The molecule has 3 heteroatoms. The fraction of sp³-hybridized carbons (Fsp3) is 0.615. The molecule has 0 saturated heterocycles. The van der Waals surface area contributed by atoms with Crippen LogP contribution in [0, 0.1) is 6.92 Å². The molecule has 0 aliphatic heterocycles. The van der Waals surface area contributed by atoms with Gasteiger partial charge in [0.15, 0.2) is 0 Å². The lowest BCUT2D eigenvalue weighted by atomic mass is 10.3. The van der Waals surface area contributed by atoms with Gasteiger partial charge in [0.05, 0.1) is 0 Å². The molecule has 0 saturated carbocycles. The Morgan fingerprint density at radius 3 is 2.81 bits per heavy atom. The first-order valence-electron chi connectivity index (χ1n) is 6.08. The lowest BCUT2D eigenvalue weighted by Crippen LogP contribution is -2.26. The third-order valence-corrected chi connectivity index (χ3v) is 2.58. The Hall–Kier alpha value is -1.09. The van der Waals surface area contributed by atoms with Gasteiger partial charge < -0.3 is 10.2 Å². The van der Waals surface area contributed by atoms with Gasteiger partial charge in [-0.1, -0.05) is 19.4 Å². The second kappa shape index (κ2) is 7.23. The number of pyridine rings is 1. The van der Waals surface area contributed by atoms with E-state index in [0.29, 0.717) is 0 Å². The number of nitrogens with one attached hydrogen (secondary N) is 1. The molecule has 0 bridgehead atoms. The smallest absolute Gasteiger partial charge is 0.126 e. The number of rotatable bonds is 7. The molecule has 0 aliphatic carbocycles. The van der Waals surface area contributed by atoms with Crippen molar-refractivity contribution in [3.05, 3.63) is 23.9 Å². The fourth-order valence-corrected chi connectivity index (χ4v) is 1.56. The Morgan fingerprint density at radius 1 is 1.31 bits per heavy atom. The maximum absolute atomic E-state index is 4.40. The number of aromatic nitrogens is 1. The molecule has 0 aromatic carbocycles. The van der Waals surface area contributed by atoms with Crippen LogP contribution >= 0.6 is 0 Å². The molecule has 0 spiro atoms. The number of aryl methyl sites for hydroxylation is 1. The summed E-state index contributed by atoms with van der Waals surface area (Å²) in [6.07, 6.45) is 2.54. The van der Waals surface area contributed by atoms with E-state index >= 15 is 0 Å². The Labute approximate surface area is 98.9 Å². The van der Waals surface area contributed by atoms with Gasteiger partial charge in [-0.15, -0.1) is 0 Å². The first-order valence-corrected chi connectivity index (χ1v) is 6.08. The van der Waals surface area contributed by atoms with E-state index < -0.39 is 0 Å². The summed E-state index contributed by atoms with van der Waals surface area (Å²) in [4.78, 5) is 6.76. The van der Waals surface area contributed by atoms with E-state index in [1.54, 1.807) is 0 Å². The predicted octanol–water partition coefficient (Wildman–Crippen LogP) is 2.53. The highest BCUT2D eigenvalue weighted by atomic mass is 15.1. The molecule has 3 nitrogen and oxygen atoms in total. The van der Waals surface area contributed by atoms with Crippen molar-refractivity contribution in [3.8, 4) is 0 Å². The van der Waals surface area contributed by atoms with E-state index in [4.69, 9.17) is 0 Å². The molecule has 0 aliphatic rings. The summed E-state index contributed by atoms with van der Waals surface area (Å²) in [6, 6.07) is 6.06. The molecule has 1 aromatic rings. The SMILES string of the molecule is CCCCN(C)CCNc1cccc(C)n1. The Kier molecular flexibility index (Phi) is 5.86. The normalized spacial score (nSPS) is 10.8. The Morgan fingerprint density at radius 2 is 2.12 bits per heavy atom. The minimum Gasteiger partial charge on any atom is -0.369 e. The molecule has 1 rings (SSSR count). The lowest BCUT2D eigenvalue weighted by molar-refractivity contribution is 0.340. The standard InChI is InChI=1S/C13H23N3/c1-4-5-10-16(3)11-9-14-13-8-6-7-12(2)15-13/h6-8H,4-5,9-11H2,1-3H3,(H,14,15). The number of hydrogen-bond acceptors (Lipinski definition) is 3. The largest absolute Gasteiger partial charge is 0.369 e. The number of hydrogen-bond donors (Lipinski definition) is 1. The van der Waals surface area contributed by atoms with Crippen LogP contribution in [0.2, 0.25) is 0 Å². The van der Waals surface area contributed by atoms with Crippen molar-refractivity contribution in [3.63, 3.8) is 0 Å². The van der Waals surface area contributed by atoms with Crippen LogP contribution in [0.3, 0.4) is 0 Å². The average molecular weight is 221 g/mol. The fourth-order valence-electron chi connectivity index (χ4n) is 1.56. The van der Waals surface area contributed by atoms with Crippen LogP contribution in [0.25, 0.3) is 0 Å². The predicted molar refractivity (Wildman–Crippen MR) is 69.9 cm³/mol. The zero-order valence-electron chi connectivity index (χ0n) is 10.7. The van der Waals surface area contributed by atoms with Crippen LogP contribution in [-0.4, -0.2) is 36.6 Å². The molecule has 16 heavy (non-hydrogen) atoms. The van der Waals surface area contributed by atoms with Gasteiger partial charge >= 0.3 is 0 Å². The quantitative estimate of drug-likeness (QED) is 0.767. The van der Waals surface area contributed by atoms with Crippen LogP contribution in [0.1, 0.15) is 25.5 Å². The summed E-state index contributed by atoms with van der Waals surface area (Å²) >= 11 is 0. The molecular weight excluding hydrogens is 198 g/mol. The monoisotopic (exact) mass is 221 g/mol. The first-order chi connectivity index (χ1) is 7.72. The number of nitrogens with zero attached hydrogens (tertiary/aromatic N) is 2. The van der Waals surface area contributed by atoms with E-state index in [1.165, 1.54) is 19.4 Å². The zero-order valence-corrected chi connectivity index (χ0v) is 10.7. The first kappa shape index (κ1) is 13.0. The molecule has 0 atom stereocenters. The topological polar surface area (TPSA) is 28.2 Å². The molecule has 1 aromatic heterocycles. The summed E-state index contributed by atoms with van der Waals surface area (Å²) in [5.74, 6) is 0.976. The van der Waals surface area contributed by atoms with Gasteiger partial charge in [-0.25, -0.2) is 4.98 Å². The van der Waals surface area contributed by atoms with Gasteiger partial charge in [-0.05, 0) is 39.1 Å². The van der Waals surface area contributed by atoms with Crippen LogP contribution in [0.15, 0.2) is 18.2 Å². The van der Waals surface area contributed by atoms with E-state index in [1.807, 2.05) is 25.1 Å². The minimum atomic E-state index is 0.955. The summed E-state index contributed by atoms with van der Waals surface area (Å²) in [5, 5.41) is 3.34. The summed E-state index contributed by atoms with van der Waals surface area (Å²) in [7, 11) is 2.17. The third-order valence-electron chi connectivity index (χ3n) is 2.58. The van der Waals surface area contributed by atoms with Crippen molar-refractivity contribution < 1.29 is 0 Å². The van der Waals surface area contributed by atoms with Gasteiger partial charge in [0.25, 0.3) is 0 Å². The molecule has 0 fully saturated rings. The van der Waals surface area contributed by atoms with Crippen LogP contribution < -0.4 is 5.32 Å². The highest BCUT2D eigenvalue weighted by molar-refractivity contribution is 5.34. The lowest BCUT2D eigenvalue weighted by Gasteiger charge is -2.16. The van der Waals surface area contributed by atoms with Crippen molar-refractivity contribution in [2.24, 2.45) is 0 Å². The van der Waals surface area contributed by atoms with Crippen molar-refractivity contribution in [1.29, 1.82) is 0 Å². The summed E-state index contributed by atoms with van der Waals surface area (Å²) in [6.45, 7) is 7.44. The minimum absolute atomic E-state index is 0.955. The number of likely N-dealkylation sites (N-methyl/N-ethyl adjacent to an activating group) is 1. The second-order valence-electron chi connectivity index (χ2n) is 4.25. The second-order valence-corrected chi connectivity index (χ2v) is 4.25. The van der Waals surface area contributed by atoms with Crippen LogP contribution in [0.4, 0.5) is 5.82 Å². The summed E-state index contributed by atoms with van der Waals surface area (Å²) < 4.78 is 0. The number of anilines is 1. The van der Waals surface area contributed by atoms with E-state index in [0.717, 1.165) is 24.6 Å². The van der Waals surface area contributed by atoms with Gasteiger partial charge in [-0.3, -0.25) is 0 Å². The highest BCUT2D eigenvalue weighted by Gasteiger charge is 1.97. The van der Waals surface area contributed by atoms with Crippen LogP contribution in [-0.2, 0) is 0 Å². The Balaban J connectivity index is 2.20. The average Bonchev–Trinajstić information content (AvgIpc) is 2.26. The van der Waals surface area contributed by atoms with Gasteiger partial charge in [0.1, 0.15) is 5.82 Å². The van der Waals surface area contributed by atoms with Gasteiger partial charge in [0, 0.05) is 18.8 Å². The number of unbranched alkanes of at least 4 members (excludes halogenated alkanes) is 1. The third kappa shape index (κ3) is 5.12. The molecule has 1 N–H and O–H groups in total. The molecule has 90 valence electrons. The van der Waals surface area contributed by atoms with E-state index in [9.17, 15) is 0 Å². The van der Waals surface area contributed by atoms with Crippen molar-refractivity contribution in [2.75, 3.05) is 32.0 Å².